The summed E-state index contributed by atoms with van der Waals surface area (Å²) >= 11 is 9.06. The SMILES string of the molecule is Nc1cccc(F)c1S(=O)(=O)Nc1ccc(Br)c(Cl)c1. The van der Waals surface area contributed by atoms with Crippen LogP contribution >= 0.6 is 27.5 Å². The van der Waals surface area contributed by atoms with E-state index in [2.05, 4.69) is 20.7 Å². The largest absolute Gasteiger partial charge is 0.398 e. The van der Waals surface area contributed by atoms with Crippen LogP contribution in [0.4, 0.5) is 15.8 Å². The van der Waals surface area contributed by atoms with Crippen molar-refractivity contribution in [2.24, 2.45) is 0 Å². The molecule has 0 amide bonds. The Labute approximate surface area is 128 Å². The molecule has 0 saturated heterocycles. The van der Waals surface area contributed by atoms with Gasteiger partial charge in [0.25, 0.3) is 10.0 Å². The van der Waals surface area contributed by atoms with Crippen LogP contribution in [0.5, 0.6) is 0 Å². The van der Waals surface area contributed by atoms with E-state index in [0.29, 0.717) is 9.50 Å². The van der Waals surface area contributed by atoms with Gasteiger partial charge in [0.2, 0.25) is 0 Å². The summed E-state index contributed by atoms with van der Waals surface area (Å²) in [6, 6.07) is 8.14. The number of hydrogen-bond acceptors (Lipinski definition) is 3. The number of nitrogen functional groups attached to an aromatic ring is 1. The van der Waals surface area contributed by atoms with Crippen molar-refractivity contribution in [1.29, 1.82) is 0 Å². The summed E-state index contributed by atoms with van der Waals surface area (Å²) in [5, 5.41) is 0.326. The molecule has 4 nitrogen and oxygen atoms in total. The predicted octanol–water partition coefficient (Wildman–Crippen LogP) is 3.62. The number of halogens is 3. The average Bonchev–Trinajstić information content (AvgIpc) is 2.33. The molecule has 0 aromatic heterocycles. The zero-order valence-corrected chi connectivity index (χ0v) is 13.1. The molecule has 8 heteroatoms. The maximum atomic E-state index is 13.7. The van der Waals surface area contributed by atoms with Gasteiger partial charge in [0, 0.05) is 4.47 Å². The molecular weight excluding hydrogens is 371 g/mol. The summed E-state index contributed by atoms with van der Waals surface area (Å²) in [5.41, 5.74) is 5.57. The van der Waals surface area contributed by atoms with Gasteiger partial charge in [0.1, 0.15) is 10.7 Å². The van der Waals surface area contributed by atoms with Crippen LogP contribution in [0.25, 0.3) is 0 Å². The van der Waals surface area contributed by atoms with Gasteiger partial charge in [0.05, 0.1) is 16.4 Å². The molecule has 0 unspecified atom stereocenters. The van der Waals surface area contributed by atoms with Crippen LogP contribution in [-0.4, -0.2) is 8.42 Å². The number of anilines is 2. The van der Waals surface area contributed by atoms with Crippen molar-refractivity contribution in [3.8, 4) is 0 Å². The second-order valence-corrected chi connectivity index (χ2v) is 6.77. The zero-order valence-electron chi connectivity index (χ0n) is 9.90. The Bertz CT molecular complexity index is 748. The van der Waals surface area contributed by atoms with Gasteiger partial charge in [-0.05, 0) is 46.3 Å². The number of nitrogens with two attached hydrogens (primary N) is 1. The van der Waals surface area contributed by atoms with Gasteiger partial charge in [-0.3, -0.25) is 4.72 Å². The molecule has 3 N–H and O–H groups in total. The topological polar surface area (TPSA) is 72.2 Å². The van der Waals surface area contributed by atoms with Crippen molar-refractivity contribution < 1.29 is 12.8 Å². The van der Waals surface area contributed by atoms with Crippen LogP contribution in [0.1, 0.15) is 0 Å². The normalized spacial score (nSPS) is 11.3. The maximum Gasteiger partial charge on any atom is 0.266 e. The highest BCUT2D eigenvalue weighted by Crippen LogP contribution is 2.28. The summed E-state index contributed by atoms with van der Waals surface area (Å²) in [4.78, 5) is -0.584. The standard InChI is InChI=1S/C12H9BrClFN2O2S/c13-8-5-4-7(6-9(8)14)17-20(18,19)12-10(15)2-1-3-11(12)16/h1-6,17H,16H2. The van der Waals surface area contributed by atoms with Crippen molar-refractivity contribution in [1.82, 2.24) is 0 Å². The minimum atomic E-state index is -4.13. The first-order valence-electron chi connectivity index (χ1n) is 5.33. The number of benzene rings is 2. The van der Waals surface area contributed by atoms with Gasteiger partial charge in [-0.2, -0.15) is 0 Å². The second kappa shape index (κ2) is 5.59. The molecule has 0 radical (unpaired) electrons. The van der Waals surface area contributed by atoms with Gasteiger partial charge < -0.3 is 5.73 Å². The van der Waals surface area contributed by atoms with E-state index in [-0.39, 0.29) is 11.4 Å². The van der Waals surface area contributed by atoms with Crippen molar-refractivity contribution in [2.75, 3.05) is 10.5 Å². The van der Waals surface area contributed by atoms with Crippen LogP contribution < -0.4 is 10.5 Å². The van der Waals surface area contributed by atoms with Gasteiger partial charge in [0.15, 0.2) is 0 Å². The molecule has 20 heavy (non-hydrogen) atoms. The van der Waals surface area contributed by atoms with Gasteiger partial charge in [-0.25, -0.2) is 12.8 Å². The van der Waals surface area contributed by atoms with E-state index in [1.54, 1.807) is 6.07 Å². The monoisotopic (exact) mass is 378 g/mol. The molecule has 0 bridgehead atoms. The first kappa shape index (κ1) is 15.1. The van der Waals surface area contributed by atoms with Crippen LogP contribution in [0.2, 0.25) is 5.02 Å². The second-order valence-electron chi connectivity index (χ2n) is 3.89. The molecule has 0 spiro atoms. The Morgan fingerprint density at radius 2 is 1.95 bits per heavy atom. The molecule has 0 atom stereocenters. The smallest absolute Gasteiger partial charge is 0.266 e. The molecule has 106 valence electrons. The minimum Gasteiger partial charge on any atom is -0.398 e. The Kier molecular flexibility index (Phi) is 4.22. The highest BCUT2D eigenvalue weighted by Gasteiger charge is 2.22. The summed E-state index contributed by atoms with van der Waals surface area (Å²) < 4.78 is 40.8. The molecule has 0 heterocycles. The van der Waals surface area contributed by atoms with Crippen molar-refractivity contribution >= 4 is 48.9 Å². The van der Waals surface area contributed by atoms with E-state index >= 15 is 0 Å². The van der Waals surface area contributed by atoms with Gasteiger partial charge in [-0.1, -0.05) is 17.7 Å². The lowest BCUT2D eigenvalue weighted by Crippen LogP contribution is -2.16. The third kappa shape index (κ3) is 3.05. The van der Waals surface area contributed by atoms with Crippen molar-refractivity contribution in [2.45, 2.75) is 4.90 Å². The van der Waals surface area contributed by atoms with Crippen LogP contribution in [0.3, 0.4) is 0 Å². The average molecular weight is 380 g/mol. The van der Waals surface area contributed by atoms with Gasteiger partial charge >= 0.3 is 0 Å². The van der Waals surface area contributed by atoms with Gasteiger partial charge in [-0.15, -0.1) is 0 Å². The Balaban J connectivity index is 2.43. The Morgan fingerprint density at radius 1 is 1.25 bits per heavy atom. The molecule has 2 aromatic rings. The van der Waals surface area contributed by atoms with E-state index in [9.17, 15) is 12.8 Å². The number of nitrogens with one attached hydrogen (secondary N) is 1. The fourth-order valence-electron chi connectivity index (χ4n) is 1.57. The molecular formula is C12H9BrClFN2O2S. The lowest BCUT2D eigenvalue weighted by Gasteiger charge is -2.11. The summed E-state index contributed by atoms with van der Waals surface area (Å²) in [6.07, 6.45) is 0. The fourth-order valence-corrected chi connectivity index (χ4v) is 3.24. The first-order chi connectivity index (χ1) is 9.31. The van der Waals surface area contributed by atoms with Crippen molar-refractivity contribution in [3.63, 3.8) is 0 Å². The zero-order chi connectivity index (χ0) is 14.9. The highest BCUT2D eigenvalue weighted by molar-refractivity contribution is 9.10. The lowest BCUT2D eigenvalue weighted by molar-refractivity contribution is 0.572. The number of rotatable bonds is 3. The molecule has 0 saturated carbocycles. The predicted molar refractivity (Wildman–Crippen MR) is 80.8 cm³/mol. The number of hydrogen-bond donors (Lipinski definition) is 2. The molecule has 0 aliphatic carbocycles. The molecule has 0 aliphatic rings. The van der Waals surface area contributed by atoms with E-state index in [1.165, 1.54) is 24.3 Å². The quantitative estimate of drug-likeness (QED) is 0.800. The van der Waals surface area contributed by atoms with E-state index < -0.39 is 20.7 Å². The number of sulfonamides is 1. The van der Waals surface area contributed by atoms with Crippen LogP contribution in [0, 0.1) is 5.82 Å². The molecule has 2 aromatic carbocycles. The fraction of sp³-hybridized carbons (Fsp3) is 0. The highest BCUT2D eigenvalue weighted by atomic mass is 79.9. The molecule has 2 rings (SSSR count). The van der Waals surface area contributed by atoms with E-state index in [0.717, 1.165) is 6.07 Å². The molecule has 0 aliphatic heterocycles. The van der Waals surface area contributed by atoms with E-state index in [4.69, 9.17) is 17.3 Å². The first-order valence-corrected chi connectivity index (χ1v) is 7.98. The van der Waals surface area contributed by atoms with Crippen molar-refractivity contribution in [3.05, 3.63) is 51.7 Å². The summed E-state index contributed by atoms with van der Waals surface area (Å²) in [6.45, 7) is 0. The third-order valence-corrected chi connectivity index (χ3v) is 5.14. The Morgan fingerprint density at radius 3 is 2.55 bits per heavy atom. The summed E-state index contributed by atoms with van der Waals surface area (Å²) in [5.74, 6) is -0.916. The van der Waals surface area contributed by atoms with Crippen LogP contribution in [-0.2, 0) is 10.0 Å². The van der Waals surface area contributed by atoms with Crippen LogP contribution in [0.15, 0.2) is 45.8 Å². The van der Waals surface area contributed by atoms with E-state index in [1.807, 2.05) is 0 Å². The summed E-state index contributed by atoms with van der Waals surface area (Å²) in [7, 11) is -4.13. The maximum absolute atomic E-state index is 13.7. The Hall–Kier alpha value is -1.31. The minimum absolute atomic E-state index is 0.166. The lowest BCUT2D eigenvalue weighted by atomic mass is 10.3. The molecule has 0 fully saturated rings. The third-order valence-electron chi connectivity index (χ3n) is 2.44.